The minimum absolute atomic E-state index is 0.259. The zero-order valence-electron chi connectivity index (χ0n) is 20.0. The van der Waals surface area contributed by atoms with Crippen LogP contribution in [0.2, 0.25) is 0 Å². The normalized spacial score (nSPS) is 18.8. The SMILES string of the molecule is C1=CC2=C(CC1)c1ccccc1C21c2ccccc2-c2ccc(Nc3cccc4ccccc34)cc21. The zero-order chi connectivity index (χ0) is 23.7. The fraction of sp³-hybridized carbons (Fsp3) is 0.0857. The second-order valence-electron chi connectivity index (χ2n) is 10.1. The summed E-state index contributed by atoms with van der Waals surface area (Å²) in [7, 11) is 0. The van der Waals surface area contributed by atoms with Crippen LogP contribution in [0.5, 0.6) is 0 Å². The first-order valence-corrected chi connectivity index (χ1v) is 12.8. The third-order valence-corrected chi connectivity index (χ3v) is 8.34. The average molecular weight is 460 g/mol. The highest BCUT2D eigenvalue weighted by molar-refractivity contribution is 5.98. The van der Waals surface area contributed by atoms with Crippen molar-refractivity contribution in [2.24, 2.45) is 0 Å². The van der Waals surface area contributed by atoms with E-state index in [9.17, 15) is 0 Å². The molecule has 0 bridgehead atoms. The lowest BCUT2D eigenvalue weighted by molar-refractivity contribution is 0.781. The lowest BCUT2D eigenvalue weighted by Gasteiger charge is -2.32. The molecule has 5 aromatic rings. The number of fused-ring (bicyclic) bond motifs is 10. The first-order valence-electron chi connectivity index (χ1n) is 12.8. The van der Waals surface area contributed by atoms with Crippen molar-refractivity contribution in [2.75, 3.05) is 5.32 Å². The number of hydrogen-bond donors (Lipinski definition) is 1. The minimum Gasteiger partial charge on any atom is -0.355 e. The highest BCUT2D eigenvalue weighted by Crippen LogP contribution is 2.63. The van der Waals surface area contributed by atoms with Gasteiger partial charge in [-0.15, -0.1) is 0 Å². The Hall–Kier alpha value is -4.36. The second kappa shape index (κ2) is 7.32. The molecule has 3 aliphatic rings. The van der Waals surface area contributed by atoms with Crippen molar-refractivity contribution in [3.63, 3.8) is 0 Å². The van der Waals surface area contributed by atoms with Gasteiger partial charge in [0.25, 0.3) is 0 Å². The molecule has 0 aromatic heterocycles. The molecule has 8 rings (SSSR count). The van der Waals surface area contributed by atoms with Gasteiger partial charge in [-0.05, 0) is 81.0 Å². The molecule has 1 heteroatoms. The molecule has 1 unspecified atom stereocenters. The first-order chi connectivity index (χ1) is 17.9. The Morgan fingerprint density at radius 2 is 1.33 bits per heavy atom. The smallest absolute Gasteiger partial charge is 0.0722 e. The van der Waals surface area contributed by atoms with Gasteiger partial charge in [0.05, 0.1) is 5.41 Å². The third kappa shape index (κ3) is 2.50. The Morgan fingerprint density at radius 3 is 2.25 bits per heavy atom. The van der Waals surface area contributed by atoms with Crippen molar-refractivity contribution in [1.29, 1.82) is 0 Å². The van der Waals surface area contributed by atoms with Crippen LogP contribution in [-0.2, 0) is 5.41 Å². The Morgan fingerprint density at radius 1 is 0.611 bits per heavy atom. The Kier molecular flexibility index (Phi) is 4.05. The molecular weight excluding hydrogens is 434 g/mol. The van der Waals surface area contributed by atoms with Gasteiger partial charge in [-0.2, -0.15) is 0 Å². The molecule has 5 aromatic carbocycles. The van der Waals surface area contributed by atoms with Gasteiger partial charge in [0.1, 0.15) is 0 Å². The second-order valence-corrected chi connectivity index (χ2v) is 10.1. The summed E-state index contributed by atoms with van der Waals surface area (Å²) in [6.45, 7) is 0. The molecule has 170 valence electrons. The van der Waals surface area contributed by atoms with Crippen LogP contribution in [0.4, 0.5) is 11.4 Å². The number of hydrogen-bond acceptors (Lipinski definition) is 1. The molecule has 0 saturated carbocycles. The van der Waals surface area contributed by atoms with Crippen LogP contribution in [-0.4, -0.2) is 0 Å². The van der Waals surface area contributed by atoms with Crippen LogP contribution in [0.1, 0.15) is 35.1 Å². The van der Waals surface area contributed by atoms with Crippen molar-refractivity contribution in [3.05, 3.63) is 149 Å². The van der Waals surface area contributed by atoms with E-state index in [1.807, 2.05) is 0 Å². The first kappa shape index (κ1) is 19.9. The van der Waals surface area contributed by atoms with Crippen LogP contribution in [0.25, 0.3) is 27.5 Å². The highest BCUT2D eigenvalue weighted by atomic mass is 14.9. The van der Waals surface area contributed by atoms with Gasteiger partial charge in [-0.1, -0.05) is 103 Å². The van der Waals surface area contributed by atoms with E-state index in [1.54, 1.807) is 0 Å². The lowest BCUT2D eigenvalue weighted by atomic mass is 9.69. The molecule has 0 heterocycles. The van der Waals surface area contributed by atoms with E-state index in [0.717, 1.165) is 24.2 Å². The Labute approximate surface area is 211 Å². The summed E-state index contributed by atoms with van der Waals surface area (Å²) in [5.41, 5.74) is 13.3. The number of benzene rings is 5. The van der Waals surface area contributed by atoms with Gasteiger partial charge in [0.15, 0.2) is 0 Å². The third-order valence-electron chi connectivity index (χ3n) is 8.34. The zero-order valence-corrected chi connectivity index (χ0v) is 20.0. The van der Waals surface area contributed by atoms with Gasteiger partial charge in [0.2, 0.25) is 0 Å². The summed E-state index contributed by atoms with van der Waals surface area (Å²) in [6.07, 6.45) is 7.00. The van der Waals surface area contributed by atoms with E-state index in [2.05, 4.69) is 127 Å². The van der Waals surface area contributed by atoms with Crippen molar-refractivity contribution in [1.82, 2.24) is 0 Å². The fourth-order valence-electron chi connectivity index (χ4n) is 6.94. The van der Waals surface area contributed by atoms with Gasteiger partial charge >= 0.3 is 0 Å². The van der Waals surface area contributed by atoms with E-state index in [1.165, 1.54) is 55.3 Å². The number of allylic oxidation sites excluding steroid dienone is 4. The van der Waals surface area contributed by atoms with Gasteiger partial charge in [0, 0.05) is 16.8 Å². The molecule has 3 aliphatic carbocycles. The summed E-state index contributed by atoms with van der Waals surface area (Å²) >= 11 is 0. The molecule has 1 nitrogen and oxygen atoms in total. The molecule has 0 amide bonds. The monoisotopic (exact) mass is 459 g/mol. The fourth-order valence-corrected chi connectivity index (χ4v) is 6.94. The molecule has 0 radical (unpaired) electrons. The average Bonchev–Trinajstić information content (AvgIpc) is 3.40. The van der Waals surface area contributed by atoms with E-state index in [0.29, 0.717) is 0 Å². The van der Waals surface area contributed by atoms with Crippen LogP contribution in [0.15, 0.2) is 127 Å². The molecule has 0 saturated heterocycles. The summed E-state index contributed by atoms with van der Waals surface area (Å²) in [5.74, 6) is 0. The maximum Gasteiger partial charge on any atom is 0.0722 e. The van der Waals surface area contributed by atoms with E-state index < -0.39 is 0 Å². The Balaban J connectivity index is 1.39. The van der Waals surface area contributed by atoms with Crippen molar-refractivity contribution >= 4 is 27.7 Å². The summed E-state index contributed by atoms with van der Waals surface area (Å²) in [6, 6.07) is 40.2. The van der Waals surface area contributed by atoms with Gasteiger partial charge in [-0.3, -0.25) is 0 Å². The van der Waals surface area contributed by atoms with Crippen molar-refractivity contribution < 1.29 is 0 Å². The van der Waals surface area contributed by atoms with E-state index in [-0.39, 0.29) is 5.41 Å². The largest absolute Gasteiger partial charge is 0.355 e. The van der Waals surface area contributed by atoms with Gasteiger partial charge < -0.3 is 5.32 Å². The summed E-state index contributed by atoms with van der Waals surface area (Å²) in [4.78, 5) is 0. The van der Waals surface area contributed by atoms with Crippen LogP contribution >= 0.6 is 0 Å². The predicted octanol–water partition coefficient (Wildman–Crippen LogP) is 9.02. The molecule has 1 N–H and O–H groups in total. The van der Waals surface area contributed by atoms with Crippen molar-refractivity contribution in [3.8, 4) is 11.1 Å². The van der Waals surface area contributed by atoms with Gasteiger partial charge in [-0.25, -0.2) is 0 Å². The maximum absolute atomic E-state index is 3.77. The topological polar surface area (TPSA) is 12.0 Å². The van der Waals surface area contributed by atoms with Crippen molar-refractivity contribution in [2.45, 2.75) is 18.3 Å². The summed E-state index contributed by atoms with van der Waals surface area (Å²) in [5, 5.41) is 6.26. The molecule has 1 spiro atoms. The van der Waals surface area contributed by atoms with Crippen LogP contribution in [0, 0.1) is 0 Å². The van der Waals surface area contributed by atoms with E-state index >= 15 is 0 Å². The lowest BCUT2D eigenvalue weighted by Crippen LogP contribution is -2.27. The molecular formula is C35H25N. The molecule has 1 atom stereocenters. The quantitative estimate of drug-likeness (QED) is 0.278. The predicted molar refractivity (Wildman–Crippen MR) is 151 cm³/mol. The number of nitrogens with one attached hydrogen (secondary N) is 1. The standard InChI is InChI=1S/C35H25N/c1-2-12-25-23(10-1)11-9-19-34(25)36-24-20-21-29-28-15-5-8-18-32(28)35(33(29)22-24)30-16-6-3-13-26(30)27-14-4-7-17-31(27)35/h1-3,5-13,15-22,36H,4,14H2. The minimum atomic E-state index is -0.259. The van der Waals surface area contributed by atoms with Crippen LogP contribution in [0.3, 0.4) is 0 Å². The number of rotatable bonds is 2. The maximum atomic E-state index is 3.77. The summed E-state index contributed by atoms with van der Waals surface area (Å²) < 4.78 is 0. The number of anilines is 2. The highest BCUT2D eigenvalue weighted by Gasteiger charge is 2.52. The molecule has 0 fully saturated rings. The molecule has 36 heavy (non-hydrogen) atoms. The van der Waals surface area contributed by atoms with E-state index in [4.69, 9.17) is 0 Å². The van der Waals surface area contributed by atoms with Crippen LogP contribution < -0.4 is 5.32 Å². The Bertz CT molecular complexity index is 1760. The molecule has 0 aliphatic heterocycles.